The molecule has 4 saturated carbocycles. The molecule has 4 aliphatic carbocycles. The highest BCUT2D eigenvalue weighted by Gasteiger charge is 2.56. The quantitative estimate of drug-likeness (QED) is 0.630. The van der Waals surface area contributed by atoms with Crippen molar-refractivity contribution in [1.82, 2.24) is 4.90 Å². The molecule has 4 bridgehead atoms. The molecule has 0 N–H and O–H groups in total. The largest absolute Gasteiger partial charge is 0.289 e. The van der Waals surface area contributed by atoms with Gasteiger partial charge in [-0.15, -0.1) is 0 Å². The number of thioether (sulfide) groups is 1. The number of amides is 1. The lowest BCUT2D eigenvalue weighted by atomic mass is 9.49. The number of carbonyl (C=O) groups excluding carboxylic acids is 1. The molecule has 4 fully saturated rings. The zero-order valence-electron chi connectivity index (χ0n) is 15.3. The Morgan fingerprint density at radius 3 is 2.41 bits per heavy atom. The smallest absolute Gasteiger partial charge is 0.234 e. The summed E-state index contributed by atoms with van der Waals surface area (Å²) in [5.41, 5.74) is 1.01. The molecule has 1 aromatic rings. The molecule has 5 aliphatic rings. The van der Waals surface area contributed by atoms with Crippen molar-refractivity contribution in [3.8, 4) is 0 Å². The van der Waals surface area contributed by atoms with E-state index < -0.39 is 0 Å². The first-order chi connectivity index (χ1) is 13.0. The third-order valence-electron chi connectivity index (χ3n) is 6.89. The van der Waals surface area contributed by atoms with Crippen molar-refractivity contribution in [2.75, 3.05) is 13.1 Å². The fraction of sp³-hybridized carbons (Fsp3) is 0.619. The van der Waals surface area contributed by atoms with E-state index in [1.165, 1.54) is 19.3 Å². The number of carbonyl (C=O) groups is 1. The summed E-state index contributed by atoms with van der Waals surface area (Å²) in [6, 6.07) is 5.72. The molecule has 6 rings (SSSR count). The SMILES string of the molecule is O=C(N1CCN=C1SCc1ccc(Cl)c(Cl)c1)C12CC3CC(CC(C3)C1)C2. The third kappa shape index (κ3) is 3.32. The van der Waals surface area contributed by atoms with Gasteiger partial charge < -0.3 is 0 Å². The lowest BCUT2D eigenvalue weighted by Gasteiger charge is -2.56. The van der Waals surface area contributed by atoms with Crippen LogP contribution in [0.15, 0.2) is 23.2 Å². The second-order valence-corrected chi connectivity index (χ2v) is 10.6. The maximum Gasteiger partial charge on any atom is 0.234 e. The Labute approximate surface area is 174 Å². The van der Waals surface area contributed by atoms with Crippen LogP contribution in [0, 0.1) is 23.2 Å². The van der Waals surface area contributed by atoms with Gasteiger partial charge in [-0.05, 0) is 74.0 Å². The monoisotopic (exact) mass is 422 g/mol. The van der Waals surface area contributed by atoms with Gasteiger partial charge in [0.05, 0.1) is 22.0 Å². The summed E-state index contributed by atoms with van der Waals surface area (Å²) in [6.45, 7) is 1.46. The van der Waals surface area contributed by atoms with Gasteiger partial charge in [-0.1, -0.05) is 41.0 Å². The average Bonchev–Trinajstić information content (AvgIpc) is 3.09. The predicted octanol–water partition coefficient (Wildman–Crippen LogP) is 5.64. The second-order valence-electron chi connectivity index (χ2n) is 8.86. The number of aliphatic imine (C=N–C) groups is 1. The van der Waals surface area contributed by atoms with Gasteiger partial charge in [0.2, 0.25) is 5.91 Å². The van der Waals surface area contributed by atoms with Crippen LogP contribution in [0.4, 0.5) is 0 Å². The molecule has 27 heavy (non-hydrogen) atoms. The maximum absolute atomic E-state index is 13.6. The highest BCUT2D eigenvalue weighted by Crippen LogP contribution is 2.60. The number of amidine groups is 1. The van der Waals surface area contributed by atoms with Crippen LogP contribution < -0.4 is 0 Å². The molecule has 0 saturated heterocycles. The van der Waals surface area contributed by atoms with Gasteiger partial charge in [0.15, 0.2) is 5.17 Å². The van der Waals surface area contributed by atoms with Crippen LogP contribution in [0.5, 0.6) is 0 Å². The van der Waals surface area contributed by atoms with Crippen LogP contribution in [-0.2, 0) is 10.5 Å². The van der Waals surface area contributed by atoms with Crippen LogP contribution in [0.1, 0.15) is 44.1 Å². The average molecular weight is 423 g/mol. The summed E-state index contributed by atoms with van der Waals surface area (Å²) in [6.07, 6.45) is 7.41. The summed E-state index contributed by atoms with van der Waals surface area (Å²) >= 11 is 13.8. The van der Waals surface area contributed by atoms with Gasteiger partial charge in [-0.3, -0.25) is 14.7 Å². The van der Waals surface area contributed by atoms with Gasteiger partial charge >= 0.3 is 0 Å². The van der Waals surface area contributed by atoms with Crippen molar-refractivity contribution >= 4 is 46.0 Å². The van der Waals surface area contributed by atoms with Crippen molar-refractivity contribution in [2.24, 2.45) is 28.2 Å². The highest BCUT2D eigenvalue weighted by atomic mass is 35.5. The molecule has 1 aliphatic heterocycles. The first-order valence-corrected chi connectivity index (χ1v) is 11.7. The minimum absolute atomic E-state index is 0.0933. The van der Waals surface area contributed by atoms with E-state index in [9.17, 15) is 4.79 Å². The Balaban J connectivity index is 1.29. The van der Waals surface area contributed by atoms with Crippen LogP contribution in [-0.4, -0.2) is 29.1 Å². The molecule has 3 nitrogen and oxygen atoms in total. The number of hydrogen-bond donors (Lipinski definition) is 0. The Hall–Kier alpha value is -0.710. The Morgan fingerprint density at radius 2 is 1.78 bits per heavy atom. The van der Waals surface area contributed by atoms with Crippen molar-refractivity contribution in [2.45, 2.75) is 44.3 Å². The van der Waals surface area contributed by atoms with E-state index in [1.807, 2.05) is 23.1 Å². The predicted molar refractivity (Wildman–Crippen MR) is 112 cm³/mol. The molecule has 144 valence electrons. The van der Waals surface area contributed by atoms with Crippen molar-refractivity contribution in [3.63, 3.8) is 0 Å². The van der Waals surface area contributed by atoms with Gasteiger partial charge in [-0.25, -0.2) is 0 Å². The van der Waals surface area contributed by atoms with Crippen LogP contribution in [0.3, 0.4) is 0 Å². The standard InChI is InChI=1S/C21H24Cl2N2OS/c22-17-2-1-13(8-18(17)23)12-27-20-24-3-4-25(20)19(26)21-9-14-5-15(10-21)7-16(6-14)11-21/h1-2,8,14-16H,3-7,9-12H2. The third-order valence-corrected chi connectivity index (χ3v) is 8.71. The topological polar surface area (TPSA) is 32.7 Å². The lowest BCUT2D eigenvalue weighted by molar-refractivity contribution is -0.152. The molecular formula is C21H24Cl2N2OS. The van der Waals surface area contributed by atoms with E-state index in [-0.39, 0.29) is 5.41 Å². The van der Waals surface area contributed by atoms with Gasteiger partial charge in [0.25, 0.3) is 0 Å². The van der Waals surface area contributed by atoms with Gasteiger partial charge in [0.1, 0.15) is 0 Å². The van der Waals surface area contributed by atoms with E-state index in [2.05, 4.69) is 4.99 Å². The molecule has 1 heterocycles. The van der Waals surface area contributed by atoms with Crippen molar-refractivity contribution in [1.29, 1.82) is 0 Å². The van der Waals surface area contributed by atoms with Crippen molar-refractivity contribution < 1.29 is 4.79 Å². The number of nitrogens with zero attached hydrogens (tertiary/aromatic N) is 2. The fourth-order valence-corrected chi connectivity index (χ4v) is 7.48. The van der Waals surface area contributed by atoms with Crippen LogP contribution in [0.25, 0.3) is 0 Å². The van der Waals surface area contributed by atoms with E-state index in [4.69, 9.17) is 23.2 Å². The number of rotatable bonds is 3. The summed E-state index contributed by atoms with van der Waals surface area (Å²) < 4.78 is 0. The van der Waals surface area contributed by atoms with E-state index in [0.717, 1.165) is 66.6 Å². The molecule has 1 aromatic carbocycles. The summed E-state index contributed by atoms with van der Waals surface area (Å²) in [7, 11) is 0. The maximum atomic E-state index is 13.6. The zero-order chi connectivity index (χ0) is 18.6. The fourth-order valence-electron chi connectivity index (χ4n) is 6.17. The summed E-state index contributed by atoms with van der Waals surface area (Å²) in [5.74, 6) is 3.46. The summed E-state index contributed by atoms with van der Waals surface area (Å²) in [4.78, 5) is 20.3. The number of halogens is 2. The number of hydrogen-bond acceptors (Lipinski definition) is 3. The lowest BCUT2D eigenvalue weighted by Crippen LogP contribution is -2.55. The molecule has 1 amide bonds. The number of benzene rings is 1. The molecule has 6 heteroatoms. The molecule has 0 spiro atoms. The van der Waals surface area contributed by atoms with Crippen LogP contribution in [0.2, 0.25) is 10.0 Å². The van der Waals surface area contributed by atoms with E-state index >= 15 is 0 Å². The molecule has 0 radical (unpaired) electrons. The Morgan fingerprint density at radius 1 is 1.11 bits per heavy atom. The molecule has 0 unspecified atom stereocenters. The first kappa shape index (κ1) is 18.3. The normalized spacial score (nSPS) is 34.2. The molecular weight excluding hydrogens is 399 g/mol. The van der Waals surface area contributed by atoms with E-state index in [1.54, 1.807) is 11.8 Å². The van der Waals surface area contributed by atoms with Crippen LogP contribution >= 0.6 is 35.0 Å². The Kier molecular flexibility index (Phi) is 4.73. The summed E-state index contributed by atoms with van der Waals surface area (Å²) in [5, 5.41) is 2.04. The Bertz CT molecular complexity index is 774. The molecule has 0 aromatic heterocycles. The zero-order valence-corrected chi connectivity index (χ0v) is 17.6. The molecule has 0 atom stereocenters. The second kappa shape index (κ2) is 6.96. The van der Waals surface area contributed by atoms with E-state index in [0.29, 0.717) is 16.0 Å². The minimum atomic E-state index is -0.0933. The first-order valence-electron chi connectivity index (χ1n) is 9.95. The highest BCUT2D eigenvalue weighted by molar-refractivity contribution is 8.13. The van der Waals surface area contributed by atoms with Gasteiger partial charge in [-0.2, -0.15) is 0 Å². The van der Waals surface area contributed by atoms with Crippen molar-refractivity contribution in [3.05, 3.63) is 33.8 Å². The van der Waals surface area contributed by atoms with Gasteiger partial charge in [0, 0.05) is 12.3 Å². The minimum Gasteiger partial charge on any atom is -0.289 e.